The average Bonchev–Trinajstić information content (AvgIpc) is 2.77. The normalized spacial score (nSPS) is 17.5. The monoisotopic (exact) mass is 451 g/mol. The maximum atomic E-state index is 12.2. The number of hydrogen-bond acceptors (Lipinski definition) is 5. The molecule has 0 radical (unpaired) electrons. The summed E-state index contributed by atoms with van der Waals surface area (Å²) in [7, 11) is 0. The quantitative estimate of drug-likeness (QED) is 0.660. The van der Waals surface area contributed by atoms with Gasteiger partial charge in [0.2, 0.25) is 0 Å². The van der Waals surface area contributed by atoms with Crippen molar-refractivity contribution in [3.8, 4) is 0 Å². The molecule has 1 saturated heterocycles. The Bertz CT molecular complexity index is 913. The molecule has 1 unspecified atom stereocenters. The minimum atomic E-state index is -3.21. The van der Waals surface area contributed by atoms with Crippen molar-refractivity contribution in [2.24, 2.45) is 0 Å². The second-order valence-corrected chi connectivity index (χ2v) is 7.65. The van der Waals surface area contributed by atoms with Gasteiger partial charge >= 0.3 is 12.3 Å². The first-order valence-corrected chi connectivity index (χ1v) is 10.3. The number of halogens is 3. The van der Waals surface area contributed by atoms with Crippen LogP contribution in [0.25, 0.3) is 0 Å². The van der Waals surface area contributed by atoms with Crippen LogP contribution in [-0.2, 0) is 11.3 Å². The molecule has 1 atom stereocenters. The number of alkyl halides is 2. The lowest BCUT2D eigenvalue weighted by Crippen LogP contribution is -2.47. The van der Waals surface area contributed by atoms with Crippen molar-refractivity contribution < 1.29 is 18.4 Å². The molecule has 1 aromatic carbocycles. The van der Waals surface area contributed by atoms with Crippen LogP contribution < -0.4 is 10.9 Å². The summed E-state index contributed by atoms with van der Waals surface area (Å²) in [6, 6.07) is 11.3. The Kier molecular flexibility index (Phi) is 7.89. The van der Waals surface area contributed by atoms with Crippen molar-refractivity contribution in [3.05, 3.63) is 64.4 Å². The molecule has 2 N–H and O–H groups in total. The van der Waals surface area contributed by atoms with E-state index < -0.39 is 18.2 Å². The van der Waals surface area contributed by atoms with Crippen molar-refractivity contribution in [1.82, 2.24) is 25.6 Å². The third-order valence-electron chi connectivity index (χ3n) is 5.21. The first-order valence-electron chi connectivity index (χ1n) is 9.92. The van der Waals surface area contributed by atoms with Gasteiger partial charge in [-0.2, -0.15) is 8.78 Å². The summed E-state index contributed by atoms with van der Waals surface area (Å²) in [4.78, 5) is 31.9. The molecule has 0 saturated carbocycles. The topological polar surface area (TPSA) is 77.6 Å². The lowest BCUT2D eigenvalue weighted by atomic mass is 10.0. The summed E-state index contributed by atoms with van der Waals surface area (Å²) in [5.41, 5.74) is 5.66. The molecule has 0 spiro atoms. The molecule has 2 heterocycles. The highest BCUT2D eigenvalue weighted by atomic mass is 35.5. The van der Waals surface area contributed by atoms with E-state index in [1.165, 1.54) is 6.20 Å². The molecule has 2 aromatic rings. The Morgan fingerprint density at radius 1 is 1.23 bits per heavy atom. The third kappa shape index (κ3) is 6.19. The summed E-state index contributed by atoms with van der Waals surface area (Å²) in [5, 5.41) is 0.693. The predicted octanol–water partition coefficient (Wildman–Crippen LogP) is 2.64. The predicted molar refractivity (Wildman–Crippen MR) is 113 cm³/mol. The molecule has 1 aliphatic rings. The maximum absolute atomic E-state index is 12.2. The SMILES string of the molecule is CCN1CCN(Cc2ccc(C(=O)NNC(=O)C(F)F)cn2)C(c2cccc(Cl)c2)C1. The number of amides is 2. The molecular formula is C21H24ClF2N5O2. The standard InChI is InChI=1S/C21H24ClF2N5O2/c1-2-28-8-9-29(18(13-28)14-4-3-5-16(22)10-14)12-17-7-6-15(11-25-17)20(30)26-27-21(31)19(23)24/h3-7,10-11,18-19H,2,8-9,12-13H2,1H3,(H,26,30)(H,27,31). The minimum absolute atomic E-state index is 0.153. The average molecular weight is 452 g/mol. The zero-order valence-electron chi connectivity index (χ0n) is 17.0. The molecule has 1 aliphatic heterocycles. The first-order chi connectivity index (χ1) is 14.9. The van der Waals surface area contributed by atoms with Crippen LogP contribution in [-0.4, -0.2) is 59.2 Å². The fourth-order valence-corrected chi connectivity index (χ4v) is 3.69. The Morgan fingerprint density at radius 3 is 2.68 bits per heavy atom. The van der Waals surface area contributed by atoms with Crippen LogP contribution in [0.3, 0.4) is 0 Å². The Labute approximate surface area is 184 Å². The van der Waals surface area contributed by atoms with Gasteiger partial charge in [0.25, 0.3) is 5.91 Å². The summed E-state index contributed by atoms with van der Waals surface area (Å²) in [6.45, 7) is 6.36. The number of nitrogens with zero attached hydrogens (tertiary/aromatic N) is 3. The number of aromatic nitrogens is 1. The van der Waals surface area contributed by atoms with Gasteiger partial charge in [-0.3, -0.25) is 30.3 Å². The van der Waals surface area contributed by atoms with Gasteiger partial charge in [-0.15, -0.1) is 0 Å². The summed E-state index contributed by atoms with van der Waals surface area (Å²) >= 11 is 6.20. The number of carbonyl (C=O) groups is 2. The van der Waals surface area contributed by atoms with E-state index in [2.05, 4.69) is 27.8 Å². The molecule has 1 fully saturated rings. The number of piperazine rings is 1. The zero-order chi connectivity index (χ0) is 22.4. The van der Waals surface area contributed by atoms with Crippen molar-refractivity contribution in [2.75, 3.05) is 26.2 Å². The van der Waals surface area contributed by atoms with Gasteiger partial charge in [0.15, 0.2) is 0 Å². The van der Waals surface area contributed by atoms with E-state index in [1.807, 2.05) is 23.6 Å². The van der Waals surface area contributed by atoms with Crippen molar-refractivity contribution in [3.63, 3.8) is 0 Å². The van der Waals surface area contributed by atoms with Crippen LogP contribution in [0, 0.1) is 0 Å². The highest BCUT2D eigenvalue weighted by Gasteiger charge is 2.28. The van der Waals surface area contributed by atoms with E-state index in [-0.39, 0.29) is 11.6 Å². The number of carbonyl (C=O) groups excluding carboxylic acids is 2. The largest absolute Gasteiger partial charge is 0.317 e. The number of hydrazine groups is 1. The number of benzene rings is 1. The second kappa shape index (κ2) is 10.6. The van der Waals surface area contributed by atoms with Gasteiger partial charge in [0, 0.05) is 43.4 Å². The molecule has 166 valence electrons. The lowest BCUT2D eigenvalue weighted by Gasteiger charge is -2.41. The Morgan fingerprint density at radius 2 is 2.03 bits per heavy atom. The molecule has 10 heteroatoms. The third-order valence-corrected chi connectivity index (χ3v) is 5.44. The van der Waals surface area contributed by atoms with E-state index in [9.17, 15) is 18.4 Å². The molecule has 0 bridgehead atoms. The van der Waals surface area contributed by atoms with Gasteiger partial charge in [-0.05, 0) is 36.4 Å². The number of likely N-dealkylation sites (N-methyl/N-ethyl adjacent to an activating group) is 1. The number of nitrogens with one attached hydrogen (secondary N) is 2. The maximum Gasteiger partial charge on any atom is 0.317 e. The van der Waals surface area contributed by atoms with Crippen LogP contribution in [0.2, 0.25) is 5.02 Å². The van der Waals surface area contributed by atoms with Gasteiger partial charge in [0.05, 0.1) is 11.3 Å². The zero-order valence-corrected chi connectivity index (χ0v) is 17.8. The van der Waals surface area contributed by atoms with E-state index in [0.717, 1.165) is 37.4 Å². The number of rotatable bonds is 6. The van der Waals surface area contributed by atoms with Gasteiger partial charge in [-0.1, -0.05) is 30.7 Å². The van der Waals surface area contributed by atoms with Crippen molar-refractivity contribution in [1.29, 1.82) is 0 Å². The van der Waals surface area contributed by atoms with Crippen LogP contribution >= 0.6 is 11.6 Å². The molecule has 0 aliphatic carbocycles. The van der Waals surface area contributed by atoms with E-state index in [4.69, 9.17) is 11.6 Å². The fourth-order valence-electron chi connectivity index (χ4n) is 3.49. The summed E-state index contributed by atoms with van der Waals surface area (Å²) < 4.78 is 24.4. The first kappa shape index (κ1) is 23.1. The summed E-state index contributed by atoms with van der Waals surface area (Å²) in [6.07, 6.45) is -1.85. The van der Waals surface area contributed by atoms with Gasteiger partial charge in [0.1, 0.15) is 0 Å². The van der Waals surface area contributed by atoms with Crippen LogP contribution in [0.15, 0.2) is 42.6 Å². The lowest BCUT2D eigenvalue weighted by molar-refractivity contribution is -0.132. The van der Waals surface area contributed by atoms with Crippen LogP contribution in [0.4, 0.5) is 8.78 Å². The molecule has 1 aromatic heterocycles. The molecule has 2 amide bonds. The minimum Gasteiger partial charge on any atom is -0.300 e. The smallest absolute Gasteiger partial charge is 0.300 e. The number of pyridine rings is 1. The highest BCUT2D eigenvalue weighted by Crippen LogP contribution is 2.28. The molecule has 3 rings (SSSR count). The molecule has 31 heavy (non-hydrogen) atoms. The summed E-state index contributed by atoms with van der Waals surface area (Å²) in [5.74, 6) is -2.29. The molecular weight excluding hydrogens is 428 g/mol. The van der Waals surface area contributed by atoms with Crippen molar-refractivity contribution >= 4 is 23.4 Å². The van der Waals surface area contributed by atoms with Gasteiger partial charge in [-0.25, -0.2) is 0 Å². The molecule has 7 nitrogen and oxygen atoms in total. The van der Waals surface area contributed by atoms with Crippen LogP contribution in [0.5, 0.6) is 0 Å². The van der Waals surface area contributed by atoms with E-state index >= 15 is 0 Å². The Balaban J connectivity index is 1.67. The van der Waals surface area contributed by atoms with Gasteiger partial charge < -0.3 is 4.90 Å². The highest BCUT2D eigenvalue weighted by molar-refractivity contribution is 6.30. The fraction of sp³-hybridized carbons (Fsp3) is 0.381. The van der Waals surface area contributed by atoms with E-state index in [0.29, 0.717) is 11.6 Å². The van der Waals surface area contributed by atoms with Crippen molar-refractivity contribution in [2.45, 2.75) is 25.9 Å². The second-order valence-electron chi connectivity index (χ2n) is 7.22. The van der Waals surface area contributed by atoms with E-state index in [1.54, 1.807) is 17.6 Å². The van der Waals surface area contributed by atoms with Crippen LogP contribution in [0.1, 0.15) is 34.6 Å². The Hall–Kier alpha value is -2.62. The number of hydrogen-bond donors (Lipinski definition) is 2.